The van der Waals surface area contributed by atoms with Crippen LogP contribution < -0.4 is 29.6 Å². The minimum Gasteiger partial charge on any atom is -0.746 e. The average Bonchev–Trinajstić information content (AvgIpc) is 2.06. The Bertz CT molecular complexity index is 458. The summed E-state index contributed by atoms with van der Waals surface area (Å²) in [5.41, 5.74) is -0.0121. The van der Waals surface area contributed by atoms with Crippen LogP contribution in [0.2, 0.25) is 0 Å². The van der Waals surface area contributed by atoms with Crippen molar-refractivity contribution in [1.82, 2.24) is 0 Å². The van der Waals surface area contributed by atoms with Gasteiger partial charge >= 0.3 is 29.6 Å². The zero-order valence-electron chi connectivity index (χ0n) is 8.97. The zero-order valence-corrected chi connectivity index (χ0v) is 11.8. The van der Waals surface area contributed by atoms with Crippen LogP contribution in [0.4, 0.5) is 4.39 Å². The molecule has 16 heavy (non-hydrogen) atoms. The van der Waals surface area contributed by atoms with E-state index in [1.807, 2.05) is 0 Å². The van der Waals surface area contributed by atoms with E-state index in [2.05, 4.69) is 0 Å². The molecule has 0 aliphatic rings. The molecule has 1 unspecified atom stereocenters. The van der Waals surface area contributed by atoms with E-state index >= 15 is 0 Å². The maximum absolute atomic E-state index is 13.1. The van der Waals surface area contributed by atoms with Crippen molar-refractivity contribution in [3.05, 3.63) is 35.6 Å². The molecule has 84 valence electrons. The van der Waals surface area contributed by atoms with Crippen molar-refractivity contribution in [1.29, 1.82) is 0 Å². The Kier molecular flexibility index (Phi) is 5.58. The first-order chi connectivity index (χ1) is 6.74. The van der Waals surface area contributed by atoms with E-state index in [9.17, 15) is 22.5 Å². The first-order valence-corrected chi connectivity index (χ1v) is 5.56. The maximum Gasteiger partial charge on any atom is 1.00 e. The predicted octanol–water partition coefficient (Wildman–Crippen LogP) is -2.37. The SMILES string of the molecule is CC(O)(Cc1ccccc1F)S(=O)(=O)[O-].[Na+]. The third-order valence-corrected chi connectivity index (χ3v) is 3.24. The normalized spacial score (nSPS) is 15.0. The second-order valence-corrected chi connectivity index (χ2v) is 5.19. The molecule has 0 saturated heterocycles. The number of halogens is 1. The molecular weight excluding hydrogens is 246 g/mol. The van der Waals surface area contributed by atoms with Gasteiger partial charge in [0.05, 0.1) is 0 Å². The summed E-state index contributed by atoms with van der Waals surface area (Å²) in [7, 11) is -4.88. The summed E-state index contributed by atoms with van der Waals surface area (Å²) < 4.78 is 45.0. The number of rotatable bonds is 3. The second kappa shape index (κ2) is 5.57. The van der Waals surface area contributed by atoms with E-state index in [0.717, 1.165) is 13.0 Å². The minimum atomic E-state index is -4.88. The Balaban J connectivity index is 0.00000225. The predicted molar refractivity (Wildman–Crippen MR) is 50.4 cm³/mol. The quantitative estimate of drug-likeness (QED) is 0.484. The monoisotopic (exact) mass is 256 g/mol. The minimum absolute atomic E-state index is 0. The van der Waals surface area contributed by atoms with Crippen LogP contribution in [0.25, 0.3) is 0 Å². The molecule has 1 atom stereocenters. The maximum atomic E-state index is 13.1. The van der Waals surface area contributed by atoms with Crippen molar-refractivity contribution in [3.8, 4) is 0 Å². The molecule has 0 fully saturated rings. The van der Waals surface area contributed by atoms with Crippen LogP contribution >= 0.6 is 0 Å². The second-order valence-electron chi connectivity index (χ2n) is 3.40. The summed E-state index contributed by atoms with van der Waals surface area (Å²) in [6, 6.07) is 5.36. The molecule has 0 aromatic heterocycles. The third kappa shape index (κ3) is 3.80. The fourth-order valence-electron chi connectivity index (χ4n) is 1.08. The number of hydrogen-bond acceptors (Lipinski definition) is 4. The molecule has 1 aromatic carbocycles. The van der Waals surface area contributed by atoms with E-state index in [1.54, 1.807) is 0 Å². The smallest absolute Gasteiger partial charge is 0.746 e. The molecule has 1 aromatic rings. The molecule has 0 bridgehead atoms. The summed E-state index contributed by atoms with van der Waals surface area (Å²) in [4.78, 5) is -2.49. The summed E-state index contributed by atoms with van der Waals surface area (Å²) in [6.45, 7) is 0.849. The molecule has 1 rings (SSSR count). The van der Waals surface area contributed by atoms with Crippen molar-refractivity contribution in [2.75, 3.05) is 0 Å². The molecule has 7 heteroatoms. The molecule has 4 nitrogen and oxygen atoms in total. The fraction of sp³-hybridized carbons (Fsp3) is 0.333. The van der Waals surface area contributed by atoms with Crippen LogP contribution in [0, 0.1) is 5.82 Å². The van der Waals surface area contributed by atoms with Crippen molar-refractivity contribution in [2.24, 2.45) is 0 Å². The van der Waals surface area contributed by atoms with Gasteiger partial charge in [0, 0.05) is 6.42 Å². The van der Waals surface area contributed by atoms with Crippen molar-refractivity contribution < 1.29 is 52.0 Å². The van der Waals surface area contributed by atoms with E-state index < -0.39 is 27.3 Å². The molecule has 0 aliphatic heterocycles. The van der Waals surface area contributed by atoms with Crippen LogP contribution in [-0.4, -0.2) is 23.0 Å². The number of aliphatic hydroxyl groups is 1. The summed E-state index contributed by atoms with van der Waals surface area (Å²) in [5, 5.41) is 9.36. The molecule has 0 spiro atoms. The van der Waals surface area contributed by atoms with Gasteiger partial charge in [0.15, 0.2) is 4.93 Å². The van der Waals surface area contributed by atoms with Crippen molar-refractivity contribution in [3.63, 3.8) is 0 Å². The van der Waals surface area contributed by atoms with Crippen molar-refractivity contribution >= 4 is 10.1 Å². The van der Waals surface area contributed by atoms with Crippen LogP contribution in [0.1, 0.15) is 12.5 Å². The largest absolute Gasteiger partial charge is 1.00 e. The Hall–Kier alpha value is 0.0200. The molecule has 0 saturated carbocycles. The Morgan fingerprint density at radius 2 is 1.94 bits per heavy atom. The van der Waals surface area contributed by atoms with Gasteiger partial charge in [0.2, 0.25) is 0 Å². The van der Waals surface area contributed by atoms with Crippen molar-refractivity contribution in [2.45, 2.75) is 18.3 Å². The van der Waals surface area contributed by atoms with E-state index in [0.29, 0.717) is 0 Å². The van der Waals surface area contributed by atoms with Gasteiger partial charge in [0.25, 0.3) is 0 Å². The Morgan fingerprint density at radius 1 is 1.44 bits per heavy atom. The standard InChI is InChI=1S/C9H11FO4S.Na/c1-9(11,15(12,13)14)6-7-4-2-3-5-8(7)10;/h2-5,11H,6H2,1H3,(H,12,13,14);/q;+1/p-1. The van der Waals surface area contributed by atoms with E-state index in [-0.39, 0.29) is 35.1 Å². The molecule has 0 radical (unpaired) electrons. The van der Waals surface area contributed by atoms with Crippen LogP contribution in [0.15, 0.2) is 24.3 Å². The summed E-state index contributed by atoms with van der Waals surface area (Å²) in [6.07, 6.45) is -0.564. The third-order valence-electron chi connectivity index (χ3n) is 2.01. The van der Waals surface area contributed by atoms with Gasteiger partial charge in [-0.2, -0.15) is 0 Å². The van der Waals surface area contributed by atoms with Gasteiger partial charge < -0.3 is 9.66 Å². The zero-order chi connectivity index (χ0) is 11.7. The van der Waals surface area contributed by atoms with Gasteiger partial charge in [-0.3, -0.25) is 0 Å². The van der Waals surface area contributed by atoms with Gasteiger partial charge in [-0.1, -0.05) is 18.2 Å². The summed E-state index contributed by atoms with van der Waals surface area (Å²) in [5.74, 6) is -0.651. The first kappa shape index (κ1) is 16.0. The Labute approximate surface area is 116 Å². The summed E-state index contributed by atoms with van der Waals surface area (Å²) >= 11 is 0. The van der Waals surface area contributed by atoms with Gasteiger partial charge in [-0.25, -0.2) is 12.8 Å². The van der Waals surface area contributed by atoms with Gasteiger partial charge in [-0.05, 0) is 18.6 Å². The van der Waals surface area contributed by atoms with Gasteiger partial charge in [-0.15, -0.1) is 0 Å². The first-order valence-electron chi connectivity index (χ1n) is 4.15. The van der Waals surface area contributed by atoms with E-state index in [1.165, 1.54) is 18.2 Å². The number of benzene rings is 1. The average molecular weight is 256 g/mol. The molecular formula is C9H10FNaO4S. The fourth-order valence-corrected chi connectivity index (χ4v) is 1.42. The van der Waals surface area contributed by atoms with E-state index in [4.69, 9.17) is 0 Å². The molecule has 0 amide bonds. The Morgan fingerprint density at radius 3 is 2.38 bits per heavy atom. The number of hydrogen-bond donors (Lipinski definition) is 1. The molecule has 0 aliphatic carbocycles. The van der Waals surface area contributed by atoms with Crippen LogP contribution in [-0.2, 0) is 16.5 Å². The van der Waals surface area contributed by atoms with Crippen LogP contribution in [0.3, 0.4) is 0 Å². The molecule has 0 heterocycles. The topological polar surface area (TPSA) is 77.4 Å². The van der Waals surface area contributed by atoms with Crippen LogP contribution in [0.5, 0.6) is 0 Å². The van der Waals surface area contributed by atoms with Gasteiger partial charge in [0.1, 0.15) is 15.9 Å². The molecule has 1 N–H and O–H groups in total.